The summed E-state index contributed by atoms with van der Waals surface area (Å²) in [6, 6.07) is 13.9. The van der Waals surface area contributed by atoms with Crippen molar-refractivity contribution in [2.75, 3.05) is 0 Å². The second kappa shape index (κ2) is 5.62. The zero-order valence-electron chi connectivity index (χ0n) is 10.4. The molecule has 0 bridgehead atoms. The predicted octanol–water partition coefficient (Wildman–Crippen LogP) is 4.75. The fourth-order valence-corrected chi connectivity index (χ4v) is 1.68. The highest BCUT2D eigenvalue weighted by molar-refractivity contribution is 5.70. The molecule has 0 aromatic heterocycles. The van der Waals surface area contributed by atoms with Crippen LogP contribution in [0.15, 0.2) is 48.5 Å². The van der Waals surface area contributed by atoms with Gasteiger partial charge in [0.05, 0.1) is 17.2 Å². The number of rotatable bonds is 2. The minimum absolute atomic E-state index is 0.476. The van der Waals surface area contributed by atoms with Crippen LogP contribution in [-0.4, -0.2) is 0 Å². The van der Waals surface area contributed by atoms with E-state index in [0.717, 1.165) is 17.7 Å². The summed E-state index contributed by atoms with van der Waals surface area (Å²) < 4.78 is 37.7. The molecule has 100 valence electrons. The van der Waals surface area contributed by atoms with E-state index in [1.54, 1.807) is 42.5 Å². The first-order valence-corrected chi connectivity index (χ1v) is 5.84. The molecule has 0 N–H and O–H groups in total. The molecule has 0 fully saturated rings. The normalized spacial score (nSPS) is 11.5. The Kier molecular flexibility index (Phi) is 3.90. The first-order valence-electron chi connectivity index (χ1n) is 5.84. The van der Waals surface area contributed by atoms with Gasteiger partial charge in [-0.05, 0) is 35.4 Å². The summed E-state index contributed by atoms with van der Waals surface area (Å²) in [4.78, 5) is 0. The van der Waals surface area contributed by atoms with Crippen molar-refractivity contribution >= 4 is 12.2 Å². The van der Waals surface area contributed by atoms with E-state index >= 15 is 0 Å². The number of hydrogen-bond donors (Lipinski definition) is 0. The Labute approximate surface area is 114 Å². The van der Waals surface area contributed by atoms with Crippen molar-refractivity contribution in [1.29, 1.82) is 5.26 Å². The fourth-order valence-electron chi connectivity index (χ4n) is 1.68. The number of benzene rings is 2. The van der Waals surface area contributed by atoms with Crippen LogP contribution in [0.4, 0.5) is 13.2 Å². The van der Waals surface area contributed by atoms with Gasteiger partial charge < -0.3 is 0 Å². The SMILES string of the molecule is N#Cc1ccc(/C=C/c2cccc(C(F)(F)F)c2)cc1. The van der Waals surface area contributed by atoms with Crippen LogP contribution in [0, 0.1) is 11.3 Å². The van der Waals surface area contributed by atoms with E-state index in [2.05, 4.69) is 0 Å². The lowest BCUT2D eigenvalue weighted by Gasteiger charge is -2.06. The molecule has 2 aromatic rings. The van der Waals surface area contributed by atoms with Crippen LogP contribution in [-0.2, 0) is 6.18 Å². The Morgan fingerprint density at radius 1 is 0.900 bits per heavy atom. The number of nitrogens with zero attached hydrogens (tertiary/aromatic N) is 1. The molecule has 20 heavy (non-hydrogen) atoms. The van der Waals surface area contributed by atoms with Crippen molar-refractivity contribution in [2.45, 2.75) is 6.18 Å². The molecule has 0 atom stereocenters. The van der Waals surface area contributed by atoms with E-state index in [9.17, 15) is 13.2 Å². The monoisotopic (exact) mass is 273 g/mol. The Morgan fingerprint density at radius 2 is 1.55 bits per heavy atom. The summed E-state index contributed by atoms with van der Waals surface area (Å²) in [7, 11) is 0. The van der Waals surface area contributed by atoms with Crippen LogP contribution >= 0.6 is 0 Å². The Balaban J connectivity index is 2.21. The Morgan fingerprint density at radius 3 is 2.15 bits per heavy atom. The van der Waals surface area contributed by atoms with Gasteiger partial charge in [0.2, 0.25) is 0 Å². The highest BCUT2D eigenvalue weighted by atomic mass is 19.4. The van der Waals surface area contributed by atoms with Gasteiger partial charge in [0, 0.05) is 0 Å². The molecule has 0 aliphatic rings. The van der Waals surface area contributed by atoms with Crippen LogP contribution < -0.4 is 0 Å². The van der Waals surface area contributed by atoms with Gasteiger partial charge in [0.25, 0.3) is 0 Å². The molecular weight excluding hydrogens is 263 g/mol. The van der Waals surface area contributed by atoms with Gasteiger partial charge in [-0.3, -0.25) is 0 Å². The van der Waals surface area contributed by atoms with Gasteiger partial charge >= 0.3 is 6.18 Å². The molecule has 2 aromatic carbocycles. The molecule has 0 aliphatic heterocycles. The lowest BCUT2D eigenvalue weighted by molar-refractivity contribution is -0.137. The van der Waals surface area contributed by atoms with Crippen molar-refractivity contribution in [2.24, 2.45) is 0 Å². The standard InChI is InChI=1S/C16H10F3N/c17-16(18,19)15-3-1-2-13(10-15)7-4-12-5-8-14(11-20)9-6-12/h1-10H/b7-4+. The second-order valence-corrected chi connectivity index (χ2v) is 4.19. The van der Waals surface area contributed by atoms with E-state index in [0.29, 0.717) is 11.1 Å². The van der Waals surface area contributed by atoms with Crippen LogP contribution in [0.2, 0.25) is 0 Å². The third kappa shape index (κ3) is 3.48. The summed E-state index contributed by atoms with van der Waals surface area (Å²) >= 11 is 0. The summed E-state index contributed by atoms with van der Waals surface area (Å²) in [5.74, 6) is 0. The molecule has 0 spiro atoms. The minimum atomic E-state index is -4.34. The lowest BCUT2D eigenvalue weighted by Crippen LogP contribution is -2.04. The van der Waals surface area contributed by atoms with Crippen molar-refractivity contribution in [3.63, 3.8) is 0 Å². The predicted molar refractivity (Wildman–Crippen MR) is 71.5 cm³/mol. The summed E-state index contributed by atoms with van der Waals surface area (Å²) in [5, 5.41) is 8.67. The van der Waals surface area contributed by atoms with Crippen LogP contribution in [0.5, 0.6) is 0 Å². The molecule has 0 aliphatic carbocycles. The second-order valence-electron chi connectivity index (χ2n) is 4.19. The maximum absolute atomic E-state index is 12.6. The van der Waals surface area contributed by atoms with E-state index in [4.69, 9.17) is 5.26 Å². The van der Waals surface area contributed by atoms with Crippen LogP contribution in [0.1, 0.15) is 22.3 Å². The molecule has 0 saturated carbocycles. The maximum atomic E-state index is 12.6. The number of alkyl halides is 3. The Hall–Kier alpha value is -2.54. The van der Waals surface area contributed by atoms with E-state index in [-0.39, 0.29) is 0 Å². The van der Waals surface area contributed by atoms with Gasteiger partial charge in [0.15, 0.2) is 0 Å². The van der Waals surface area contributed by atoms with Crippen LogP contribution in [0.25, 0.3) is 12.2 Å². The average molecular weight is 273 g/mol. The molecule has 0 amide bonds. The number of hydrogen-bond acceptors (Lipinski definition) is 1. The zero-order chi connectivity index (χ0) is 14.6. The van der Waals surface area contributed by atoms with E-state index < -0.39 is 11.7 Å². The van der Waals surface area contributed by atoms with Crippen molar-refractivity contribution < 1.29 is 13.2 Å². The fraction of sp³-hybridized carbons (Fsp3) is 0.0625. The zero-order valence-corrected chi connectivity index (χ0v) is 10.4. The van der Waals surface area contributed by atoms with E-state index in [1.807, 2.05) is 6.07 Å². The number of nitriles is 1. The van der Waals surface area contributed by atoms with Gasteiger partial charge in [-0.2, -0.15) is 18.4 Å². The summed E-state index contributed by atoms with van der Waals surface area (Å²) in [6.45, 7) is 0. The summed E-state index contributed by atoms with van der Waals surface area (Å²) in [5.41, 5.74) is 1.17. The molecule has 0 saturated heterocycles. The Bertz CT molecular complexity index is 661. The quantitative estimate of drug-likeness (QED) is 0.724. The minimum Gasteiger partial charge on any atom is -0.192 e. The smallest absolute Gasteiger partial charge is 0.192 e. The molecule has 0 heterocycles. The van der Waals surface area contributed by atoms with Crippen molar-refractivity contribution in [1.82, 2.24) is 0 Å². The van der Waals surface area contributed by atoms with Gasteiger partial charge in [0.1, 0.15) is 0 Å². The van der Waals surface area contributed by atoms with Gasteiger partial charge in [-0.1, -0.05) is 36.4 Å². The first-order chi connectivity index (χ1) is 9.49. The maximum Gasteiger partial charge on any atom is 0.416 e. The molecule has 2 rings (SSSR count). The molecule has 1 nitrogen and oxygen atoms in total. The van der Waals surface area contributed by atoms with Crippen molar-refractivity contribution in [3.05, 3.63) is 70.8 Å². The van der Waals surface area contributed by atoms with Crippen molar-refractivity contribution in [3.8, 4) is 6.07 Å². The van der Waals surface area contributed by atoms with Crippen LogP contribution in [0.3, 0.4) is 0 Å². The highest BCUT2D eigenvalue weighted by Gasteiger charge is 2.30. The third-order valence-electron chi connectivity index (χ3n) is 2.72. The molecule has 4 heteroatoms. The first kappa shape index (κ1) is 13.9. The van der Waals surface area contributed by atoms with Gasteiger partial charge in [-0.15, -0.1) is 0 Å². The largest absolute Gasteiger partial charge is 0.416 e. The van der Waals surface area contributed by atoms with Gasteiger partial charge in [-0.25, -0.2) is 0 Å². The lowest BCUT2D eigenvalue weighted by atomic mass is 10.1. The van der Waals surface area contributed by atoms with E-state index in [1.165, 1.54) is 6.07 Å². The summed E-state index contributed by atoms with van der Waals surface area (Å²) in [6.07, 6.45) is -1.02. The topological polar surface area (TPSA) is 23.8 Å². The number of halogens is 3. The third-order valence-corrected chi connectivity index (χ3v) is 2.72. The highest BCUT2D eigenvalue weighted by Crippen LogP contribution is 2.29. The average Bonchev–Trinajstić information content (AvgIpc) is 2.45. The molecule has 0 radical (unpaired) electrons. The molecule has 0 unspecified atom stereocenters. The molecular formula is C16H10F3N.